The van der Waals surface area contributed by atoms with Gasteiger partial charge >= 0.3 is 0 Å². The number of hydrogen-bond donors (Lipinski definition) is 0. The molecule has 0 saturated carbocycles. The maximum atomic E-state index is 2.54. The first-order chi connectivity index (χ1) is 25.3. The molecule has 0 atom stereocenters. The van der Waals surface area contributed by atoms with Gasteiger partial charge in [-0.3, -0.25) is 0 Å². The van der Waals surface area contributed by atoms with Gasteiger partial charge < -0.3 is 9.13 Å². The monoisotopic (exact) mass is 664 g/mol. The first kappa shape index (κ1) is 28.4. The highest BCUT2D eigenvalue weighted by molar-refractivity contribution is 7.22. The second-order valence-electron chi connectivity index (χ2n) is 13.7. The average Bonchev–Trinajstić information content (AvgIpc) is 3.83. The summed E-state index contributed by atoms with van der Waals surface area (Å²) in [4.78, 5) is 0. The highest BCUT2D eigenvalue weighted by atomic mass is 28.3. The molecule has 8 aromatic carbocycles. The molecule has 0 fully saturated rings. The Morgan fingerprint density at radius 3 is 1.61 bits per heavy atom. The summed E-state index contributed by atoms with van der Waals surface area (Å²) in [7, 11) is -2.66. The first-order valence-corrected chi connectivity index (χ1v) is 19.7. The number of fused-ring (bicyclic) bond motifs is 10. The van der Waals surface area contributed by atoms with E-state index < -0.39 is 8.07 Å². The zero-order chi connectivity index (χ0) is 33.5. The van der Waals surface area contributed by atoms with Gasteiger partial charge in [-0.2, -0.15) is 0 Å². The summed E-state index contributed by atoms with van der Waals surface area (Å²) in [6, 6.07) is 72.3. The van der Waals surface area contributed by atoms with Crippen LogP contribution in [0.15, 0.2) is 194 Å². The summed E-state index contributed by atoms with van der Waals surface area (Å²) >= 11 is 0. The van der Waals surface area contributed by atoms with Gasteiger partial charge in [0.05, 0.1) is 22.1 Å². The maximum absolute atomic E-state index is 2.66. The lowest BCUT2D eigenvalue weighted by atomic mass is 10.1. The molecule has 238 valence electrons. The van der Waals surface area contributed by atoms with Gasteiger partial charge in [-0.25, -0.2) is 0 Å². The van der Waals surface area contributed by atoms with E-state index in [2.05, 4.69) is 203 Å². The highest BCUT2D eigenvalue weighted by Gasteiger charge is 2.48. The van der Waals surface area contributed by atoms with Crippen molar-refractivity contribution in [3.05, 3.63) is 194 Å². The molecular weight excluding hydrogens is 633 g/mol. The fraction of sp³-hybridized carbons (Fsp3) is 0. The van der Waals surface area contributed by atoms with E-state index in [1.807, 2.05) is 0 Å². The number of nitrogens with zero attached hydrogens (tertiary/aromatic N) is 2. The highest BCUT2D eigenvalue weighted by Crippen LogP contribution is 2.42. The Morgan fingerprint density at radius 2 is 0.882 bits per heavy atom. The molecule has 1 aliphatic rings. The fourth-order valence-electron chi connectivity index (χ4n) is 9.22. The molecule has 0 saturated heterocycles. The van der Waals surface area contributed by atoms with Crippen molar-refractivity contribution in [2.24, 2.45) is 0 Å². The van der Waals surface area contributed by atoms with E-state index in [9.17, 15) is 0 Å². The van der Waals surface area contributed by atoms with Gasteiger partial charge in [-0.15, -0.1) is 0 Å². The standard InChI is InChI=1S/C48H32N2Si/c1-3-16-33(17-4-1)49-43-27-12-8-25-41(43)47-44(49)31-30-40-37-22-7-11-26-42(37)50(48(40)47)34-18-15-21-36(32-34)51(35-19-5-2-6-20-35)45-28-13-9-23-38(45)39-24-10-14-29-46(39)51/h1-32H. The molecule has 10 aromatic rings. The average molecular weight is 665 g/mol. The minimum absolute atomic E-state index is 1.17. The van der Waals surface area contributed by atoms with Gasteiger partial charge in [0.15, 0.2) is 8.07 Å². The van der Waals surface area contributed by atoms with Crippen molar-refractivity contribution in [3.8, 4) is 22.5 Å². The molecule has 0 amide bonds. The Hall–Kier alpha value is -6.42. The molecule has 0 aliphatic carbocycles. The number of rotatable bonds is 4. The largest absolute Gasteiger partial charge is 0.309 e. The van der Waals surface area contributed by atoms with E-state index in [0.717, 1.165) is 0 Å². The molecule has 2 aromatic heterocycles. The van der Waals surface area contributed by atoms with Crippen LogP contribution in [0.25, 0.3) is 66.1 Å². The molecule has 51 heavy (non-hydrogen) atoms. The number of hydrogen-bond acceptors (Lipinski definition) is 0. The normalized spacial score (nSPS) is 13.3. The number of benzene rings is 8. The lowest BCUT2D eigenvalue weighted by molar-refractivity contribution is 1.17. The SMILES string of the molecule is c1ccc(-n2c3ccccc3c3c2ccc2c4ccccc4n(-c4cccc([Si]5(c6ccccc6)c6ccccc6-c6ccccc65)c4)c23)cc1. The van der Waals surface area contributed by atoms with Gasteiger partial charge in [-0.1, -0.05) is 152 Å². The van der Waals surface area contributed by atoms with Crippen molar-refractivity contribution in [1.29, 1.82) is 0 Å². The van der Waals surface area contributed by atoms with E-state index in [1.54, 1.807) is 0 Å². The Labute approximate surface area is 297 Å². The first-order valence-electron chi connectivity index (χ1n) is 17.7. The second kappa shape index (κ2) is 10.8. The minimum atomic E-state index is -2.66. The van der Waals surface area contributed by atoms with Crippen LogP contribution >= 0.6 is 0 Å². The van der Waals surface area contributed by atoms with E-state index in [4.69, 9.17) is 0 Å². The summed E-state index contributed by atoms with van der Waals surface area (Å²) in [5.41, 5.74) is 9.98. The Balaban J connectivity index is 1.27. The molecule has 0 spiro atoms. The molecule has 1 aliphatic heterocycles. The van der Waals surface area contributed by atoms with E-state index in [0.29, 0.717) is 0 Å². The van der Waals surface area contributed by atoms with Crippen LogP contribution in [-0.4, -0.2) is 17.2 Å². The van der Waals surface area contributed by atoms with E-state index in [-0.39, 0.29) is 0 Å². The summed E-state index contributed by atoms with van der Waals surface area (Å²) in [5, 5.41) is 10.8. The molecule has 0 N–H and O–H groups in total. The maximum Gasteiger partial charge on any atom is 0.180 e. The molecular formula is C48H32N2Si. The minimum Gasteiger partial charge on any atom is -0.309 e. The third-order valence-electron chi connectivity index (χ3n) is 11.2. The summed E-state index contributed by atoms with van der Waals surface area (Å²) in [6.07, 6.45) is 0. The van der Waals surface area contributed by atoms with Gasteiger partial charge in [-0.05, 0) is 74.3 Å². The van der Waals surface area contributed by atoms with Crippen LogP contribution in [0.5, 0.6) is 0 Å². The molecule has 11 rings (SSSR count). The van der Waals surface area contributed by atoms with Crippen molar-refractivity contribution in [2.45, 2.75) is 0 Å². The van der Waals surface area contributed by atoms with Crippen LogP contribution in [0.1, 0.15) is 0 Å². The quantitative estimate of drug-likeness (QED) is 0.166. The van der Waals surface area contributed by atoms with E-state index in [1.165, 1.54) is 86.9 Å². The molecule has 0 bridgehead atoms. The lowest BCUT2D eigenvalue weighted by Gasteiger charge is -2.31. The fourth-order valence-corrected chi connectivity index (χ4v) is 14.4. The van der Waals surface area contributed by atoms with Crippen LogP contribution in [0.2, 0.25) is 0 Å². The Bertz CT molecular complexity index is 2920. The molecule has 2 nitrogen and oxygen atoms in total. The van der Waals surface area contributed by atoms with E-state index >= 15 is 0 Å². The van der Waals surface area contributed by atoms with Crippen LogP contribution in [0.3, 0.4) is 0 Å². The van der Waals surface area contributed by atoms with Crippen LogP contribution < -0.4 is 20.7 Å². The molecule has 3 heterocycles. The van der Waals surface area contributed by atoms with Gasteiger partial charge in [0.1, 0.15) is 0 Å². The van der Waals surface area contributed by atoms with Gasteiger partial charge in [0, 0.05) is 32.9 Å². The topological polar surface area (TPSA) is 9.86 Å². The van der Waals surface area contributed by atoms with Crippen molar-refractivity contribution < 1.29 is 0 Å². The zero-order valence-electron chi connectivity index (χ0n) is 27.9. The van der Waals surface area contributed by atoms with Crippen molar-refractivity contribution in [3.63, 3.8) is 0 Å². The molecule has 0 radical (unpaired) electrons. The Morgan fingerprint density at radius 1 is 0.333 bits per heavy atom. The summed E-state index contributed by atoms with van der Waals surface area (Å²) in [6.45, 7) is 0. The van der Waals surface area contributed by atoms with Crippen molar-refractivity contribution in [1.82, 2.24) is 9.13 Å². The number of para-hydroxylation sites is 3. The van der Waals surface area contributed by atoms with Crippen LogP contribution in [0, 0.1) is 0 Å². The number of aromatic nitrogens is 2. The van der Waals surface area contributed by atoms with Gasteiger partial charge in [0.25, 0.3) is 0 Å². The molecule has 0 unspecified atom stereocenters. The third-order valence-corrected chi connectivity index (χ3v) is 16.0. The zero-order valence-corrected chi connectivity index (χ0v) is 28.9. The van der Waals surface area contributed by atoms with Crippen molar-refractivity contribution in [2.75, 3.05) is 0 Å². The van der Waals surface area contributed by atoms with Crippen LogP contribution in [-0.2, 0) is 0 Å². The third kappa shape index (κ3) is 3.81. The molecule has 3 heteroatoms. The van der Waals surface area contributed by atoms with Crippen molar-refractivity contribution >= 4 is 72.4 Å². The van der Waals surface area contributed by atoms with Crippen LogP contribution in [0.4, 0.5) is 0 Å². The Kier molecular flexibility index (Phi) is 6.01. The summed E-state index contributed by atoms with van der Waals surface area (Å²) in [5.74, 6) is 0. The predicted octanol–water partition coefficient (Wildman–Crippen LogP) is 9.24. The predicted molar refractivity (Wildman–Crippen MR) is 218 cm³/mol. The smallest absolute Gasteiger partial charge is 0.180 e. The van der Waals surface area contributed by atoms with Gasteiger partial charge in [0.2, 0.25) is 0 Å². The second-order valence-corrected chi connectivity index (χ2v) is 17.4. The lowest BCUT2D eigenvalue weighted by Crippen LogP contribution is -2.72. The summed E-state index contributed by atoms with van der Waals surface area (Å²) < 4.78 is 4.96.